The van der Waals surface area contributed by atoms with Gasteiger partial charge in [0.15, 0.2) is 6.29 Å². The van der Waals surface area contributed by atoms with E-state index in [1.165, 1.54) is 37.7 Å². The lowest BCUT2D eigenvalue weighted by Crippen LogP contribution is -2.60. The Morgan fingerprint density at radius 3 is 2.41 bits per heavy atom. The van der Waals surface area contributed by atoms with Crippen molar-refractivity contribution in [2.24, 2.45) is 52.3 Å². The minimum atomic E-state index is -1.40. The number of fused-ring (bicyclic) bond motifs is 5. The molecule has 3 saturated carbocycles. The monoisotopic (exact) mass is 574 g/mol. The van der Waals surface area contributed by atoms with Crippen LogP contribution in [0.4, 0.5) is 0 Å². The van der Waals surface area contributed by atoms with Gasteiger partial charge in [-0.2, -0.15) is 0 Å². The summed E-state index contributed by atoms with van der Waals surface area (Å²) in [6.45, 7) is 14.2. The van der Waals surface area contributed by atoms with E-state index in [9.17, 15) is 20.4 Å². The molecule has 1 heterocycles. The summed E-state index contributed by atoms with van der Waals surface area (Å²) in [5.41, 5.74) is 2.11. The lowest BCUT2D eigenvalue weighted by atomic mass is 9.47. The van der Waals surface area contributed by atoms with Crippen LogP contribution in [-0.2, 0) is 9.47 Å². The molecule has 6 heteroatoms. The van der Waals surface area contributed by atoms with Crippen LogP contribution in [0.3, 0.4) is 0 Å². The summed E-state index contributed by atoms with van der Waals surface area (Å²) < 4.78 is 11.9. The predicted octanol–water partition coefficient (Wildman–Crippen LogP) is 5.63. The van der Waals surface area contributed by atoms with Crippen LogP contribution >= 0.6 is 0 Å². The molecule has 0 amide bonds. The molecule has 5 rings (SSSR count). The van der Waals surface area contributed by atoms with E-state index in [1.54, 1.807) is 0 Å². The zero-order chi connectivity index (χ0) is 29.7. The fraction of sp³-hybridized carbons (Fsp3) is 0.886. The van der Waals surface area contributed by atoms with Gasteiger partial charge >= 0.3 is 0 Å². The molecule has 5 aliphatic rings. The Hall–Kier alpha value is -0.760. The zero-order valence-corrected chi connectivity index (χ0v) is 26.4. The molecule has 4 fully saturated rings. The molecule has 0 unspecified atom stereocenters. The summed E-state index contributed by atoms with van der Waals surface area (Å²) in [7, 11) is 0. The van der Waals surface area contributed by atoms with E-state index in [0.717, 1.165) is 43.4 Å². The Bertz CT molecular complexity index is 960. The number of ether oxygens (including phenoxy) is 2. The number of hydrogen-bond donors (Lipinski definition) is 4. The first kappa shape index (κ1) is 31.7. The first-order chi connectivity index (χ1) is 19.4. The van der Waals surface area contributed by atoms with Crippen LogP contribution in [0.1, 0.15) is 99.3 Å². The summed E-state index contributed by atoms with van der Waals surface area (Å²) in [4.78, 5) is 0. The van der Waals surface area contributed by atoms with Gasteiger partial charge in [-0.15, -0.1) is 0 Å². The molecular formula is C35H58O6. The Morgan fingerprint density at radius 2 is 1.73 bits per heavy atom. The van der Waals surface area contributed by atoms with Crippen LogP contribution in [0, 0.1) is 52.3 Å². The molecule has 1 aliphatic heterocycles. The van der Waals surface area contributed by atoms with E-state index in [4.69, 9.17) is 9.47 Å². The summed E-state index contributed by atoms with van der Waals surface area (Å²) in [5, 5.41) is 40.4. The first-order valence-electron chi connectivity index (χ1n) is 16.8. The van der Waals surface area contributed by atoms with Crippen molar-refractivity contribution in [1.29, 1.82) is 0 Å². The Balaban J connectivity index is 1.26. The molecule has 0 aromatic rings. The topological polar surface area (TPSA) is 99.4 Å². The highest BCUT2D eigenvalue weighted by Crippen LogP contribution is 2.67. The summed E-state index contributed by atoms with van der Waals surface area (Å²) in [6, 6.07) is 0. The van der Waals surface area contributed by atoms with Gasteiger partial charge in [0, 0.05) is 0 Å². The quantitative estimate of drug-likeness (QED) is 0.281. The maximum absolute atomic E-state index is 10.5. The third-order valence-corrected chi connectivity index (χ3v) is 12.9. The molecule has 6 nitrogen and oxygen atoms in total. The van der Waals surface area contributed by atoms with Gasteiger partial charge in [0.1, 0.15) is 24.4 Å². The highest BCUT2D eigenvalue weighted by atomic mass is 16.7. The normalized spacial score (nSPS) is 47.9. The van der Waals surface area contributed by atoms with Crippen LogP contribution in [-0.4, -0.2) is 63.8 Å². The molecule has 4 aliphatic carbocycles. The SMILES string of the molecule is CC[C@@H](/C=C/[C@H](C)[C@@H]1CC[C@@H]2[C@H]3CC=C4C[C@@H](O[C@H]5O[C@@H](CO)[C@H](O)[C@@H](O)[C@@H]5O)CC[C@@]4(C)[C@@H]3CC[C@]21C)C(C)C. The largest absolute Gasteiger partial charge is 0.394 e. The molecule has 1 saturated heterocycles. The standard InChI is InChI=1S/C35H58O6/c1-7-22(20(2)3)9-8-21(4)26-12-13-27-25-11-10-23-18-24(14-16-34(23,5)28(25)15-17-35(26,27)6)40-33-32(39)31(38)30(37)29(19-36)41-33/h8-10,20-22,24-33,36-39H,7,11-19H2,1-6H3/b9-8+/t21-,22-,24-,25+,26-,27+,28+,29-,30-,31+,32-,33-,34+,35-/m0/s1. The molecule has 0 bridgehead atoms. The second-order valence-corrected chi connectivity index (χ2v) is 15.2. The van der Waals surface area contributed by atoms with E-state index in [0.29, 0.717) is 29.1 Å². The van der Waals surface area contributed by atoms with E-state index in [-0.39, 0.29) is 11.5 Å². The van der Waals surface area contributed by atoms with E-state index >= 15 is 0 Å². The highest BCUT2D eigenvalue weighted by Gasteiger charge is 2.59. The van der Waals surface area contributed by atoms with Crippen molar-refractivity contribution in [2.45, 2.75) is 136 Å². The maximum Gasteiger partial charge on any atom is 0.186 e. The summed E-state index contributed by atoms with van der Waals surface area (Å²) in [6.07, 6.45) is 11.9. The Morgan fingerprint density at radius 1 is 0.976 bits per heavy atom. The second-order valence-electron chi connectivity index (χ2n) is 15.2. The van der Waals surface area contributed by atoms with Crippen molar-refractivity contribution in [3.8, 4) is 0 Å². The molecule has 4 N–H and O–H groups in total. The van der Waals surface area contributed by atoms with E-state index in [2.05, 4.69) is 59.8 Å². The Kier molecular flexibility index (Phi) is 9.51. The van der Waals surface area contributed by atoms with Crippen LogP contribution in [0.25, 0.3) is 0 Å². The van der Waals surface area contributed by atoms with E-state index in [1.807, 2.05) is 0 Å². The third kappa shape index (κ3) is 5.64. The first-order valence-corrected chi connectivity index (χ1v) is 16.8. The Labute approximate surface area is 248 Å². The van der Waals surface area contributed by atoms with Crippen molar-refractivity contribution >= 4 is 0 Å². The third-order valence-electron chi connectivity index (χ3n) is 12.9. The molecule has 234 valence electrons. The molecule has 0 spiro atoms. The fourth-order valence-corrected chi connectivity index (χ4v) is 10.3. The van der Waals surface area contributed by atoms with E-state index < -0.39 is 37.3 Å². The van der Waals surface area contributed by atoms with Gasteiger partial charge in [-0.3, -0.25) is 0 Å². The predicted molar refractivity (Wildman–Crippen MR) is 161 cm³/mol. The number of rotatable bonds is 8. The number of aliphatic hydroxyl groups is 4. The van der Waals surface area contributed by atoms with Crippen molar-refractivity contribution in [2.75, 3.05) is 6.61 Å². The lowest BCUT2D eigenvalue weighted by molar-refractivity contribution is -0.313. The summed E-state index contributed by atoms with van der Waals surface area (Å²) in [5.74, 6) is 5.05. The van der Waals surface area contributed by atoms with Gasteiger partial charge in [0.2, 0.25) is 0 Å². The van der Waals surface area contributed by atoms with Crippen LogP contribution in [0.2, 0.25) is 0 Å². The molecule has 0 aromatic carbocycles. The number of allylic oxidation sites excluding steroid dienone is 3. The van der Waals surface area contributed by atoms with Gasteiger partial charge in [-0.05, 0) is 110 Å². The smallest absolute Gasteiger partial charge is 0.186 e. The van der Waals surface area contributed by atoms with Crippen LogP contribution < -0.4 is 0 Å². The van der Waals surface area contributed by atoms with Crippen molar-refractivity contribution < 1.29 is 29.9 Å². The second kappa shape index (κ2) is 12.3. The van der Waals surface area contributed by atoms with Gasteiger partial charge in [0.05, 0.1) is 12.7 Å². The minimum absolute atomic E-state index is 0.109. The average Bonchev–Trinajstić information content (AvgIpc) is 3.30. The molecular weight excluding hydrogens is 516 g/mol. The molecule has 14 atom stereocenters. The number of hydrogen-bond acceptors (Lipinski definition) is 6. The number of aliphatic hydroxyl groups excluding tert-OH is 4. The average molecular weight is 575 g/mol. The van der Waals surface area contributed by atoms with Crippen molar-refractivity contribution in [1.82, 2.24) is 0 Å². The molecule has 0 radical (unpaired) electrons. The van der Waals surface area contributed by atoms with Crippen molar-refractivity contribution in [3.05, 3.63) is 23.8 Å². The lowest BCUT2D eigenvalue weighted by Gasteiger charge is -2.58. The minimum Gasteiger partial charge on any atom is -0.394 e. The molecule has 41 heavy (non-hydrogen) atoms. The van der Waals surface area contributed by atoms with Gasteiger partial charge in [-0.1, -0.05) is 65.3 Å². The zero-order valence-electron chi connectivity index (χ0n) is 26.4. The fourth-order valence-electron chi connectivity index (χ4n) is 10.3. The maximum atomic E-state index is 10.5. The van der Waals surface area contributed by atoms with Crippen molar-refractivity contribution in [3.63, 3.8) is 0 Å². The van der Waals surface area contributed by atoms with Gasteiger partial charge in [-0.25, -0.2) is 0 Å². The van der Waals surface area contributed by atoms with Crippen LogP contribution in [0.15, 0.2) is 23.8 Å². The summed E-state index contributed by atoms with van der Waals surface area (Å²) >= 11 is 0. The highest BCUT2D eigenvalue weighted by molar-refractivity contribution is 5.25. The van der Waals surface area contributed by atoms with Gasteiger partial charge in [0.25, 0.3) is 0 Å². The van der Waals surface area contributed by atoms with Crippen LogP contribution in [0.5, 0.6) is 0 Å². The molecule has 0 aromatic heterocycles. The van der Waals surface area contributed by atoms with Gasteiger partial charge < -0.3 is 29.9 Å².